The summed E-state index contributed by atoms with van der Waals surface area (Å²) in [5, 5.41) is 2.11. The van der Waals surface area contributed by atoms with Crippen LogP contribution in [0.3, 0.4) is 0 Å². The molecule has 1 heterocycles. The minimum absolute atomic E-state index is 0.149. The minimum atomic E-state index is -0.391. The lowest BCUT2D eigenvalue weighted by Crippen LogP contribution is -2.50. The molecule has 0 atom stereocenters. The average molecular weight is 418 g/mol. The third kappa shape index (κ3) is 4.79. The van der Waals surface area contributed by atoms with E-state index in [1.165, 1.54) is 0 Å². The summed E-state index contributed by atoms with van der Waals surface area (Å²) in [6.45, 7) is 2.35. The van der Waals surface area contributed by atoms with Gasteiger partial charge < -0.3 is 19.3 Å². The second kappa shape index (κ2) is 9.51. The molecule has 0 aliphatic carbocycles. The van der Waals surface area contributed by atoms with E-state index in [1.54, 1.807) is 12.0 Å². The zero-order valence-corrected chi connectivity index (χ0v) is 17.6. The van der Waals surface area contributed by atoms with E-state index in [4.69, 9.17) is 9.47 Å². The van der Waals surface area contributed by atoms with Gasteiger partial charge in [-0.15, -0.1) is 0 Å². The minimum Gasteiger partial charge on any atom is -0.495 e. The number of piperazine rings is 1. The van der Waals surface area contributed by atoms with Crippen LogP contribution in [0, 0.1) is 0 Å². The molecule has 0 bridgehead atoms. The van der Waals surface area contributed by atoms with Gasteiger partial charge in [-0.1, -0.05) is 54.6 Å². The normalized spacial score (nSPS) is 13.8. The summed E-state index contributed by atoms with van der Waals surface area (Å²) >= 11 is 0. The predicted molar refractivity (Wildman–Crippen MR) is 120 cm³/mol. The molecule has 6 nitrogen and oxygen atoms in total. The van der Waals surface area contributed by atoms with Gasteiger partial charge in [-0.2, -0.15) is 0 Å². The Morgan fingerprint density at radius 2 is 1.58 bits per heavy atom. The van der Waals surface area contributed by atoms with E-state index in [0.29, 0.717) is 26.2 Å². The van der Waals surface area contributed by atoms with Crippen LogP contribution in [0.2, 0.25) is 0 Å². The second-order valence-electron chi connectivity index (χ2n) is 7.52. The first-order chi connectivity index (χ1) is 15.2. The zero-order chi connectivity index (χ0) is 21.6. The molecule has 0 N–H and O–H groups in total. The zero-order valence-electron chi connectivity index (χ0n) is 17.6. The van der Waals surface area contributed by atoms with Crippen LogP contribution in [0.5, 0.6) is 5.75 Å². The van der Waals surface area contributed by atoms with Crippen LogP contribution < -0.4 is 9.64 Å². The summed E-state index contributed by atoms with van der Waals surface area (Å²) in [4.78, 5) is 28.8. The number of amides is 1. The Labute approximate surface area is 182 Å². The number of benzene rings is 3. The summed E-state index contributed by atoms with van der Waals surface area (Å²) in [5.74, 6) is 0.271. The third-order valence-electron chi connectivity index (χ3n) is 5.63. The van der Waals surface area contributed by atoms with Gasteiger partial charge in [0.05, 0.1) is 19.2 Å². The van der Waals surface area contributed by atoms with Crippen molar-refractivity contribution in [2.24, 2.45) is 0 Å². The van der Waals surface area contributed by atoms with Crippen LogP contribution >= 0.6 is 0 Å². The molecule has 0 aromatic heterocycles. The quantitative estimate of drug-likeness (QED) is 0.575. The topological polar surface area (TPSA) is 59.1 Å². The van der Waals surface area contributed by atoms with Crippen LogP contribution in [0.4, 0.5) is 5.69 Å². The Balaban J connectivity index is 1.28. The van der Waals surface area contributed by atoms with E-state index >= 15 is 0 Å². The number of rotatable bonds is 6. The van der Waals surface area contributed by atoms with Gasteiger partial charge in [0, 0.05) is 26.2 Å². The first-order valence-corrected chi connectivity index (χ1v) is 10.4. The Bertz CT molecular complexity index is 1070. The van der Waals surface area contributed by atoms with Gasteiger partial charge in [-0.05, 0) is 28.5 Å². The van der Waals surface area contributed by atoms with Crippen molar-refractivity contribution >= 4 is 28.3 Å². The molecule has 0 unspecified atom stereocenters. The molecular weight excluding hydrogens is 392 g/mol. The van der Waals surface area contributed by atoms with Crippen LogP contribution in [-0.2, 0) is 20.7 Å². The van der Waals surface area contributed by atoms with Gasteiger partial charge in [0.1, 0.15) is 5.75 Å². The number of hydrogen-bond donors (Lipinski definition) is 0. The van der Waals surface area contributed by atoms with Gasteiger partial charge >= 0.3 is 5.97 Å². The molecular formula is C25H26N2O4. The number of fused-ring (bicyclic) bond motifs is 1. The molecule has 0 saturated carbocycles. The molecule has 0 radical (unpaired) electrons. The lowest BCUT2D eigenvalue weighted by molar-refractivity contribution is -0.151. The molecule has 1 amide bonds. The maximum atomic E-state index is 12.5. The number of ether oxygens (including phenoxy) is 2. The maximum Gasteiger partial charge on any atom is 0.310 e. The van der Waals surface area contributed by atoms with Gasteiger partial charge in [-0.25, -0.2) is 0 Å². The highest BCUT2D eigenvalue weighted by Crippen LogP contribution is 2.28. The van der Waals surface area contributed by atoms with E-state index < -0.39 is 5.97 Å². The molecule has 6 heteroatoms. The standard InChI is InChI=1S/C25H26N2O4/c1-30-23-12-5-4-11-22(23)26-13-15-27(16-14-26)24(28)18-31-25(29)17-20-9-6-8-19-7-2-3-10-21(19)20/h2-12H,13-18H2,1H3. The molecule has 1 fully saturated rings. The Kier molecular flexibility index (Phi) is 6.36. The fraction of sp³-hybridized carbons (Fsp3) is 0.280. The van der Waals surface area contributed by atoms with Crippen molar-refractivity contribution in [1.82, 2.24) is 4.90 Å². The molecule has 0 spiro atoms. The third-order valence-corrected chi connectivity index (χ3v) is 5.63. The molecule has 160 valence electrons. The number of esters is 1. The maximum absolute atomic E-state index is 12.5. The Morgan fingerprint density at radius 1 is 0.871 bits per heavy atom. The van der Waals surface area contributed by atoms with Crippen molar-refractivity contribution in [3.8, 4) is 5.75 Å². The SMILES string of the molecule is COc1ccccc1N1CCN(C(=O)COC(=O)Cc2cccc3ccccc23)CC1. The van der Waals surface area contributed by atoms with Crippen molar-refractivity contribution in [2.75, 3.05) is 44.8 Å². The lowest BCUT2D eigenvalue weighted by atomic mass is 10.0. The summed E-state index contributed by atoms with van der Waals surface area (Å²) < 4.78 is 10.7. The fourth-order valence-electron chi connectivity index (χ4n) is 3.97. The molecule has 31 heavy (non-hydrogen) atoms. The molecule has 1 saturated heterocycles. The number of anilines is 1. The van der Waals surface area contributed by atoms with Crippen molar-refractivity contribution in [3.05, 3.63) is 72.3 Å². The summed E-state index contributed by atoms with van der Waals surface area (Å²) in [5.41, 5.74) is 1.93. The summed E-state index contributed by atoms with van der Waals surface area (Å²) in [6.07, 6.45) is 0.149. The van der Waals surface area contributed by atoms with E-state index in [2.05, 4.69) is 4.90 Å². The molecule has 1 aliphatic heterocycles. The van der Waals surface area contributed by atoms with Crippen LogP contribution in [0.15, 0.2) is 66.7 Å². The highest BCUT2D eigenvalue weighted by molar-refractivity contribution is 5.89. The van der Waals surface area contributed by atoms with Crippen LogP contribution in [0.1, 0.15) is 5.56 Å². The monoisotopic (exact) mass is 418 g/mol. The van der Waals surface area contributed by atoms with Crippen molar-refractivity contribution in [3.63, 3.8) is 0 Å². The number of carbonyl (C=O) groups excluding carboxylic acids is 2. The molecule has 4 rings (SSSR count). The number of methoxy groups -OCH3 is 1. The fourth-order valence-corrected chi connectivity index (χ4v) is 3.97. The largest absolute Gasteiger partial charge is 0.495 e. The molecule has 3 aromatic carbocycles. The van der Waals surface area contributed by atoms with E-state index in [0.717, 1.165) is 27.8 Å². The van der Waals surface area contributed by atoms with E-state index in [-0.39, 0.29) is 18.9 Å². The van der Waals surface area contributed by atoms with Crippen molar-refractivity contribution < 1.29 is 19.1 Å². The van der Waals surface area contributed by atoms with Crippen LogP contribution in [0.25, 0.3) is 10.8 Å². The summed E-state index contributed by atoms with van der Waals surface area (Å²) in [6, 6.07) is 21.6. The van der Waals surface area contributed by atoms with Crippen molar-refractivity contribution in [1.29, 1.82) is 0 Å². The first-order valence-electron chi connectivity index (χ1n) is 10.4. The summed E-state index contributed by atoms with van der Waals surface area (Å²) in [7, 11) is 1.66. The van der Waals surface area contributed by atoms with E-state index in [9.17, 15) is 9.59 Å². The number of carbonyl (C=O) groups is 2. The van der Waals surface area contributed by atoms with Gasteiger partial charge in [0.15, 0.2) is 6.61 Å². The van der Waals surface area contributed by atoms with Crippen molar-refractivity contribution in [2.45, 2.75) is 6.42 Å². The Hall–Kier alpha value is -3.54. The van der Waals surface area contributed by atoms with Gasteiger partial charge in [-0.3, -0.25) is 9.59 Å². The number of para-hydroxylation sites is 2. The number of hydrogen-bond acceptors (Lipinski definition) is 5. The highest BCUT2D eigenvalue weighted by Gasteiger charge is 2.23. The Morgan fingerprint density at radius 3 is 2.39 bits per heavy atom. The highest BCUT2D eigenvalue weighted by atomic mass is 16.5. The van der Waals surface area contributed by atoms with E-state index in [1.807, 2.05) is 66.7 Å². The average Bonchev–Trinajstić information content (AvgIpc) is 2.83. The lowest BCUT2D eigenvalue weighted by Gasteiger charge is -2.36. The molecule has 3 aromatic rings. The number of nitrogens with zero attached hydrogens (tertiary/aromatic N) is 2. The smallest absolute Gasteiger partial charge is 0.310 e. The molecule has 1 aliphatic rings. The predicted octanol–water partition coefficient (Wildman–Crippen LogP) is 3.28. The van der Waals surface area contributed by atoms with Crippen LogP contribution in [-0.4, -0.2) is 56.7 Å². The van der Waals surface area contributed by atoms with Gasteiger partial charge in [0.2, 0.25) is 0 Å². The van der Waals surface area contributed by atoms with Gasteiger partial charge in [0.25, 0.3) is 5.91 Å². The first kappa shape index (κ1) is 20.7. The second-order valence-corrected chi connectivity index (χ2v) is 7.52.